The molecule has 4 nitrogen and oxygen atoms in total. The Morgan fingerprint density at radius 3 is 2.72 bits per heavy atom. The molecule has 0 atom stereocenters. The number of anilines is 1. The van der Waals surface area contributed by atoms with Gasteiger partial charge in [0.2, 0.25) is 0 Å². The van der Waals surface area contributed by atoms with Crippen molar-refractivity contribution in [3.63, 3.8) is 0 Å². The monoisotopic (exact) mass is 415 g/mol. The van der Waals surface area contributed by atoms with Crippen molar-refractivity contribution >= 4 is 44.9 Å². The number of carbonyl (C=O) groups is 1. The van der Waals surface area contributed by atoms with Crippen LogP contribution in [0.3, 0.4) is 0 Å². The summed E-state index contributed by atoms with van der Waals surface area (Å²) in [5.41, 5.74) is 5.10. The van der Waals surface area contributed by atoms with Crippen molar-refractivity contribution in [2.75, 3.05) is 5.32 Å². The molecule has 29 heavy (non-hydrogen) atoms. The Balaban J connectivity index is 1.48. The van der Waals surface area contributed by atoms with E-state index in [0.29, 0.717) is 16.9 Å². The van der Waals surface area contributed by atoms with Crippen LogP contribution in [-0.2, 0) is 5.75 Å². The van der Waals surface area contributed by atoms with Crippen LogP contribution in [0.15, 0.2) is 71.1 Å². The lowest BCUT2D eigenvalue weighted by Crippen LogP contribution is -2.11. The number of thiazole rings is 1. The number of nitriles is 1. The molecule has 0 saturated carbocycles. The smallest absolute Gasteiger partial charge is 0.255 e. The van der Waals surface area contributed by atoms with Crippen molar-refractivity contribution in [1.29, 1.82) is 5.26 Å². The van der Waals surface area contributed by atoms with E-state index < -0.39 is 0 Å². The van der Waals surface area contributed by atoms with E-state index in [4.69, 9.17) is 0 Å². The predicted octanol–water partition coefficient (Wildman–Crippen LogP) is 6.02. The maximum atomic E-state index is 12.4. The van der Waals surface area contributed by atoms with Gasteiger partial charge in [-0.25, -0.2) is 4.98 Å². The number of aryl methyl sites for hydroxylation is 1. The van der Waals surface area contributed by atoms with Crippen LogP contribution in [0.2, 0.25) is 0 Å². The van der Waals surface area contributed by atoms with Gasteiger partial charge in [-0.15, -0.1) is 11.3 Å². The summed E-state index contributed by atoms with van der Waals surface area (Å²) >= 11 is 3.20. The highest BCUT2D eigenvalue weighted by Gasteiger charge is 2.10. The van der Waals surface area contributed by atoms with Crippen molar-refractivity contribution in [1.82, 2.24) is 4.98 Å². The van der Waals surface area contributed by atoms with Gasteiger partial charge in [-0.1, -0.05) is 47.7 Å². The van der Waals surface area contributed by atoms with Crippen molar-refractivity contribution < 1.29 is 4.79 Å². The zero-order valence-corrected chi connectivity index (χ0v) is 17.3. The fourth-order valence-corrected chi connectivity index (χ4v) is 4.96. The number of carbonyl (C=O) groups excluding carboxylic acids is 1. The molecule has 0 radical (unpaired) electrons. The summed E-state index contributed by atoms with van der Waals surface area (Å²) in [6.45, 7) is 1.99. The number of nitrogens with zero attached hydrogens (tertiary/aromatic N) is 2. The van der Waals surface area contributed by atoms with Gasteiger partial charge in [0.25, 0.3) is 5.91 Å². The second-order valence-corrected chi connectivity index (χ2v) is 8.79. The number of aromatic nitrogens is 1. The third kappa shape index (κ3) is 4.48. The SMILES string of the molecule is Cc1ccc(C(=O)Nc2ccc3nc(SCc4ccccc4C#N)sc3c2)cc1. The van der Waals surface area contributed by atoms with E-state index in [1.165, 1.54) is 0 Å². The number of amides is 1. The lowest BCUT2D eigenvalue weighted by molar-refractivity contribution is 0.102. The molecule has 142 valence electrons. The van der Waals surface area contributed by atoms with Crippen molar-refractivity contribution in [2.45, 2.75) is 17.0 Å². The minimum absolute atomic E-state index is 0.128. The quantitative estimate of drug-likeness (QED) is 0.405. The standard InChI is InChI=1S/C23H17N3OS2/c1-15-6-8-16(9-7-15)22(27)25-19-10-11-20-21(12-19)29-23(26-20)28-14-18-5-3-2-4-17(18)13-24/h2-12H,14H2,1H3,(H,25,27). The molecule has 1 aromatic heterocycles. The first-order valence-corrected chi connectivity index (χ1v) is 10.8. The molecular formula is C23H17N3OS2. The van der Waals surface area contributed by atoms with Crippen LogP contribution in [0.1, 0.15) is 27.0 Å². The van der Waals surface area contributed by atoms with Gasteiger partial charge < -0.3 is 5.32 Å². The second kappa shape index (κ2) is 8.48. The molecule has 0 unspecified atom stereocenters. The Bertz CT molecular complexity index is 1220. The zero-order chi connectivity index (χ0) is 20.2. The lowest BCUT2D eigenvalue weighted by Gasteiger charge is -2.05. The van der Waals surface area contributed by atoms with Gasteiger partial charge in [-0.3, -0.25) is 4.79 Å². The van der Waals surface area contributed by atoms with Crippen molar-refractivity contribution in [2.24, 2.45) is 0 Å². The number of fused-ring (bicyclic) bond motifs is 1. The fourth-order valence-electron chi connectivity index (χ4n) is 2.85. The van der Waals surface area contributed by atoms with Crippen molar-refractivity contribution in [3.05, 3.63) is 89.0 Å². The Kier molecular flexibility index (Phi) is 5.61. The summed E-state index contributed by atoms with van der Waals surface area (Å²) in [7, 11) is 0. The maximum Gasteiger partial charge on any atom is 0.255 e. The molecule has 1 heterocycles. The van der Waals surface area contributed by atoms with E-state index in [1.54, 1.807) is 23.1 Å². The number of hydrogen-bond donors (Lipinski definition) is 1. The van der Waals surface area contributed by atoms with E-state index in [0.717, 1.165) is 31.4 Å². The molecule has 0 spiro atoms. The molecule has 0 aliphatic heterocycles. The third-order valence-corrected chi connectivity index (χ3v) is 6.64. The van der Waals surface area contributed by atoms with E-state index in [9.17, 15) is 10.1 Å². The number of benzene rings is 3. The van der Waals surface area contributed by atoms with Crippen LogP contribution in [0.5, 0.6) is 0 Å². The summed E-state index contributed by atoms with van der Waals surface area (Å²) in [5.74, 6) is 0.567. The van der Waals surface area contributed by atoms with E-state index in [2.05, 4.69) is 16.4 Å². The van der Waals surface area contributed by atoms with Gasteiger partial charge in [0.15, 0.2) is 4.34 Å². The number of hydrogen-bond acceptors (Lipinski definition) is 5. The van der Waals surface area contributed by atoms with Crippen molar-refractivity contribution in [3.8, 4) is 6.07 Å². The van der Waals surface area contributed by atoms with E-state index in [-0.39, 0.29) is 5.91 Å². The Morgan fingerprint density at radius 2 is 1.93 bits per heavy atom. The molecule has 3 aromatic carbocycles. The van der Waals surface area contributed by atoms with Crippen LogP contribution < -0.4 is 5.32 Å². The summed E-state index contributed by atoms with van der Waals surface area (Å²) in [6.07, 6.45) is 0. The number of rotatable bonds is 5. The molecular weight excluding hydrogens is 398 g/mol. The third-order valence-electron chi connectivity index (χ3n) is 4.43. The first kappa shape index (κ1) is 19.2. The predicted molar refractivity (Wildman–Crippen MR) is 119 cm³/mol. The molecule has 1 amide bonds. The average Bonchev–Trinajstić information content (AvgIpc) is 3.15. The molecule has 4 aromatic rings. The molecule has 0 aliphatic rings. The molecule has 0 aliphatic carbocycles. The van der Waals surface area contributed by atoms with Crippen LogP contribution in [0.4, 0.5) is 5.69 Å². The number of nitrogens with one attached hydrogen (secondary N) is 1. The van der Waals surface area contributed by atoms with Crippen LogP contribution >= 0.6 is 23.1 Å². The maximum absolute atomic E-state index is 12.4. The highest BCUT2D eigenvalue weighted by molar-refractivity contribution is 8.00. The number of thioether (sulfide) groups is 1. The van der Waals surface area contributed by atoms with Gasteiger partial charge in [-0.2, -0.15) is 5.26 Å². The minimum atomic E-state index is -0.128. The lowest BCUT2D eigenvalue weighted by atomic mass is 10.1. The molecule has 0 saturated heterocycles. The fraction of sp³-hybridized carbons (Fsp3) is 0.0870. The Labute approximate surface area is 177 Å². The molecule has 1 N–H and O–H groups in total. The molecule has 6 heteroatoms. The van der Waals surface area contributed by atoms with E-state index >= 15 is 0 Å². The highest BCUT2D eigenvalue weighted by Crippen LogP contribution is 2.33. The largest absolute Gasteiger partial charge is 0.322 e. The summed E-state index contributed by atoms with van der Waals surface area (Å²) in [4.78, 5) is 17.1. The average molecular weight is 416 g/mol. The summed E-state index contributed by atoms with van der Waals surface area (Å²) in [5, 5.41) is 12.2. The zero-order valence-electron chi connectivity index (χ0n) is 15.7. The Morgan fingerprint density at radius 1 is 1.14 bits per heavy atom. The van der Waals surface area contributed by atoms with Gasteiger partial charge in [0.1, 0.15) is 0 Å². The summed E-state index contributed by atoms with van der Waals surface area (Å²) < 4.78 is 1.96. The van der Waals surface area contributed by atoms with Crippen LogP contribution in [0.25, 0.3) is 10.2 Å². The normalized spacial score (nSPS) is 10.6. The first-order chi connectivity index (χ1) is 14.1. The molecule has 0 bridgehead atoms. The van der Waals surface area contributed by atoms with Gasteiger partial charge in [0.05, 0.1) is 21.8 Å². The topological polar surface area (TPSA) is 65.8 Å². The van der Waals surface area contributed by atoms with Gasteiger partial charge in [0, 0.05) is 17.0 Å². The van der Waals surface area contributed by atoms with E-state index in [1.807, 2.05) is 73.7 Å². The van der Waals surface area contributed by atoms with Crippen LogP contribution in [-0.4, -0.2) is 10.9 Å². The summed E-state index contributed by atoms with van der Waals surface area (Å²) in [6, 6.07) is 23.1. The Hall–Kier alpha value is -3.14. The molecule has 4 rings (SSSR count). The van der Waals surface area contributed by atoms with Gasteiger partial charge >= 0.3 is 0 Å². The molecule has 0 fully saturated rings. The van der Waals surface area contributed by atoms with Gasteiger partial charge in [-0.05, 0) is 48.9 Å². The minimum Gasteiger partial charge on any atom is -0.322 e. The first-order valence-electron chi connectivity index (χ1n) is 9.02. The second-order valence-electron chi connectivity index (χ2n) is 6.54. The highest BCUT2D eigenvalue weighted by atomic mass is 32.2. The van der Waals surface area contributed by atoms with Crippen LogP contribution in [0, 0.1) is 18.3 Å².